The van der Waals surface area contributed by atoms with Crippen molar-refractivity contribution in [2.75, 3.05) is 11.7 Å². The van der Waals surface area contributed by atoms with Crippen LogP contribution in [0.1, 0.15) is 20.8 Å². The highest BCUT2D eigenvalue weighted by Crippen LogP contribution is 2.39. The number of hydrogen-bond donors (Lipinski definition) is 1. The Morgan fingerprint density at radius 3 is 2.47 bits per heavy atom. The van der Waals surface area contributed by atoms with Gasteiger partial charge in [-0.3, -0.25) is 4.79 Å². The lowest BCUT2D eigenvalue weighted by molar-refractivity contribution is -0.400. The first-order chi connectivity index (χ1) is 16.2. The molecule has 0 fully saturated rings. The Kier molecular flexibility index (Phi) is 6.10. The molecule has 2 aromatic carbocycles. The predicted octanol–water partition coefficient (Wildman–Crippen LogP) is 4.94. The lowest BCUT2D eigenvalue weighted by atomic mass is 10.2. The van der Waals surface area contributed by atoms with Gasteiger partial charge in [-0.15, -0.1) is 23.2 Å². The number of aromatic nitrogens is 1. The van der Waals surface area contributed by atoms with E-state index in [4.69, 9.17) is 9.84 Å². The standard InChI is InChI=1S/C21H14F3N5O5/c22-21(23,24)34-29(19(30)13-4-2-1-3-5-13)28-12-26-27-16-10-14(6-7-18(16)28)33-15-8-9-25-17(11-15)20(31)32/h1-11H,12H2,(H,31,32). The summed E-state index contributed by atoms with van der Waals surface area (Å²) >= 11 is 0. The number of fused-ring (bicyclic) bond motifs is 1. The van der Waals surface area contributed by atoms with Crippen LogP contribution in [0.15, 0.2) is 77.1 Å². The molecular weight excluding hydrogens is 459 g/mol. The number of carboxylic acids is 1. The first-order valence-electron chi connectivity index (χ1n) is 9.53. The second kappa shape index (κ2) is 9.15. The van der Waals surface area contributed by atoms with E-state index < -0.39 is 24.9 Å². The highest BCUT2D eigenvalue weighted by atomic mass is 19.4. The van der Waals surface area contributed by atoms with Gasteiger partial charge in [-0.2, -0.15) is 10.2 Å². The average Bonchev–Trinajstić information content (AvgIpc) is 2.82. The average molecular weight is 473 g/mol. The van der Waals surface area contributed by atoms with Gasteiger partial charge in [-0.1, -0.05) is 18.2 Å². The van der Waals surface area contributed by atoms with E-state index in [-0.39, 0.29) is 39.3 Å². The van der Waals surface area contributed by atoms with Gasteiger partial charge in [0.2, 0.25) is 0 Å². The van der Waals surface area contributed by atoms with E-state index in [1.54, 1.807) is 6.07 Å². The van der Waals surface area contributed by atoms with Crippen molar-refractivity contribution in [1.29, 1.82) is 0 Å². The van der Waals surface area contributed by atoms with Gasteiger partial charge in [-0.05, 0) is 30.3 Å². The number of carboxylic acid groups (broad SMARTS) is 1. The summed E-state index contributed by atoms with van der Waals surface area (Å²) in [4.78, 5) is 31.6. The van der Waals surface area contributed by atoms with Gasteiger partial charge >= 0.3 is 12.3 Å². The van der Waals surface area contributed by atoms with Crippen LogP contribution in [0.2, 0.25) is 0 Å². The predicted molar refractivity (Wildman–Crippen MR) is 109 cm³/mol. The third kappa shape index (κ3) is 5.10. The number of anilines is 1. The summed E-state index contributed by atoms with van der Waals surface area (Å²) in [7, 11) is 0. The van der Waals surface area contributed by atoms with Crippen LogP contribution in [0.5, 0.6) is 11.5 Å². The maximum absolute atomic E-state index is 13.1. The van der Waals surface area contributed by atoms with Crippen molar-refractivity contribution >= 4 is 23.3 Å². The number of hydroxylamine groups is 1. The molecule has 1 N–H and O–H groups in total. The van der Waals surface area contributed by atoms with Crippen molar-refractivity contribution in [3.63, 3.8) is 0 Å². The normalized spacial score (nSPS) is 12.7. The van der Waals surface area contributed by atoms with E-state index in [1.807, 2.05) is 0 Å². The second-order valence-corrected chi connectivity index (χ2v) is 6.70. The largest absolute Gasteiger partial charge is 0.545 e. The number of aromatic carboxylic acids is 1. The summed E-state index contributed by atoms with van der Waals surface area (Å²) in [6.45, 7) is -0.422. The smallest absolute Gasteiger partial charge is 0.477 e. The van der Waals surface area contributed by atoms with Crippen LogP contribution in [0.4, 0.5) is 24.5 Å². The minimum atomic E-state index is -5.16. The van der Waals surface area contributed by atoms with Crippen molar-refractivity contribution in [3.8, 4) is 11.5 Å². The summed E-state index contributed by atoms with van der Waals surface area (Å²) in [5.74, 6) is -1.95. The number of azo groups is 1. The quantitative estimate of drug-likeness (QED) is 0.504. The van der Waals surface area contributed by atoms with Gasteiger partial charge in [0, 0.05) is 23.9 Å². The van der Waals surface area contributed by atoms with E-state index >= 15 is 0 Å². The number of nitrogens with zero attached hydrogens (tertiary/aromatic N) is 5. The summed E-state index contributed by atoms with van der Waals surface area (Å²) < 4.78 is 45.0. The molecule has 0 saturated heterocycles. The first-order valence-corrected chi connectivity index (χ1v) is 9.53. The fraction of sp³-hybridized carbons (Fsp3) is 0.0952. The van der Waals surface area contributed by atoms with Crippen LogP contribution < -0.4 is 9.75 Å². The van der Waals surface area contributed by atoms with Crippen molar-refractivity contribution in [2.45, 2.75) is 6.36 Å². The van der Waals surface area contributed by atoms with Crippen LogP contribution in [0.3, 0.4) is 0 Å². The number of ether oxygens (including phenoxy) is 1. The van der Waals surface area contributed by atoms with Gasteiger partial charge in [0.05, 0.1) is 5.69 Å². The van der Waals surface area contributed by atoms with E-state index in [9.17, 15) is 22.8 Å². The lowest BCUT2D eigenvalue weighted by Gasteiger charge is -2.35. The fourth-order valence-corrected chi connectivity index (χ4v) is 2.98. The molecule has 1 amide bonds. The van der Waals surface area contributed by atoms with Gasteiger partial charge < -0.3 is 9.84 Å². The monoisotopic (exact) mass is 473 g/mol. The van der Waals surface area contributed by atoms with Crippen LogP contribution in [0, 0.1) is 0 Å². The van der Waals surface area contributed by atoms with Gasteiger partial charge in [0.15, 0.2) is 12.4 Å². The Bertz CT molecular complexity index is 1250. The summed E-state index contributed by atoms with van der Waals surface area (Å²) in [6, 6.07) is 14.1. The number of alkyl halides is 3. The molecule has 2 heterocycles. The number of rotatable bonds is 6. The topological polar surface area (TPSA) is 117 Å². The molecule has 0 aliphatic carbocycles. The molecule has 13 heteroatoms. The van der Waals surface area contributed by atoms with Crippen LogP contribution in [-0.4, -0.2) is 40.2 Å². The number of amides is 1. The second-order valence-electron chi connectivity index (χ2n) is 6.70. The molecule has 10 nitrogen and oxygen atoms in total. The number of benzene rings is 2. The molecule has 174 valence electrons. The van der Waals surface area contributed by atoms with Crippen molar-refractivity contribution < 1.29 is 37.4 Å². The molecule has 1 aromatic heterocycles. The van der Waals surface area contributed by atoms with E-state index in [0.29, 0.717) is 0 Å². The molecule has 0 bridgehead atoms. The zero-order chi connectivity index (χ0) is 24.3. The highest BCUT2D eigenvalue weighted by molar-refractivity contribution is 5.94. The third-order valence-electron chi connectivity index (χ3n) is 4.39. The van der Waals surface area contributed by atoms with Crippen molar-refractivity contribution in [2.24, 2.45) is 10.2 Å². The van der Waals surface area contributed by atoms with Gasteiger partial charge in [-0.25, -0.2) is 14.8 Å². The highest BCUT2D eigenvalue weighted by Gasteiger charge is 2.40. The third-order valence-corrected chi connectivity index (χ3v) is 4.39. The number of hydrazine groups is 1. The Hall–Kier alpha value is -4.52. The molecule has 0 atom stereocenters. The van der Waals surface area contributed by atoms with E-state index in [0.717, 1.165) is 5.01 Å². The molecular formula is C21H14F3N5O5. The molecule has 0 saturated carbocycles. The van der Waals surface area contributed by atoms with Gasteiger partial charge in [0.1, 0.15) is 17.2 Å². The maximum Gasteiger partial charge on any atom is 0.545 e. The van der Waals surface area contributed by atoms with Crippen molar-refractivity contribution in [1.82, 2.24) is 10.2 Å². The van der Waals surface area contributed by atoms with Crippen LogP contribution >= 0.6 is 0 Å². The first kappa shape index (κ1) is 22.7. The van der Waals surface area contributed by atoms with Crippen molar-refractivity contribution in [3.05, 3.63) is 78.1 Å². The molecule has 4 rings (SSSR count). The minimum absolute atomic E-state index is 0.0392. The summed E-state index contributed by atoms with van der Waals surface area (Å²) in [6.07, 6.45) is -3.91. The Morgan fingerprint density at radius 2 is 1.76 bits per heavy atom. The fourth-order valence-electron chi connectivity index (χ4n) is 2.98. The molecule has 0 radical (unpaired) electrons. The Balaban J connectivity index is 1.64. The van der Waals surface area contributed by atoms with Crippen LogP contribution in [-0.2, 0) is 4.84 Å². The summed E-state index contributed by atoms with van der Waals surface area (Å²) in [5, 5.41) is 17.7. The number of hydrogen-bond acceptors (Lipinski definition) is 8. The summed E-state index contributed by atoms with van der Waals surface area (Å²) in [5.41, 5.74) is -0.0897. The molecule has 0 spiro atoms. The Morgan fingerprint density at radius 1 is 1.03 bits per heavy atom. The van der Waals surface area contributed by atoms with E-state index in [2.05, 4.69) is 20.1 Å². The molecule has 1 aliphatic rings. The molecule has 3 aromatic rings. The molecule has 0 unspecified atom stereocenters. The number of carbonyl (C=O) groups excluding carboxylic acids is 1. The number of pyridine rings is 1. The van der Waals surface area contributed by atoms with E-state index in [1.165, 1.54) is 60.8 Å². The molecule has 34 heavy (non-hydrogen) atoms. The van der Waals surface area contributed by atoms with Crippen LogP contribution in [0.25, 0.3) is 0 Å². The Labute approximate surface area is 189 Å². The number of halogens is 3. The SMILES string of the molecule is O=C(O)c1cc(Oc2ccc3c(c2)N=NCN3N(OC(F)(F)F)C(=O)c2ccccc2)ccn1. The number of carbonyl (C=O) groups is 2. The molecule has 1 aliphatic heterocycles. The zero-order valence-electron chi connectivity index (χ0n) is 17.0. The lowest BCUT2D eigenvalue weighted by Crippen LogP contribution is -2.50. The zero-order valence-corrected chi connectivity index (χ0v) is 17.0. The van der Waals surface area contributed by atoms with Gasteiger partial charge in [0.25, 0.3) is 5.91 Å². The minimum Gasteiger partial charge on any atom is -0.477 e. The maximum atomic E-state index is 13.1.